The topological polar surface area (TPSA) is 64.0 Å². The molecule has 0 bridgehead atoms. The molecule has 1 aromatic heterocycles. The molecule has 1 heterocycles. The van der Waals surface area contributed by atoms with Crippen molar-refractivity contribution in [2.75, 3.05) is 5.32 Å². The van der Waals surface area contributed by atoms with Gasteiger partial charge in [0.05, 0.1) is 28.3 Å². The Balaban J connectivity index is 1.81. The Hall–Kier alpha value is -2.44. The Morgan fingerprint density at radius 1 is 1.17 bits per heavy atom. The molecule has 2 aromatic carbocycles. The molecule has 3 aromatic rings. The van der Waals surface area contributed by atoms with E-state index >= 15 is 0 Å². The molecule has 1 unspecified atom stereocenters. The number of amides is 1. The molecular formula is C22H21BrClN3O2. The minimum atomic E-state index is -0.352. The van der Waals surface area contributed by atoms with Gasteiger partial charge in [0.15, 0.2) is 5.78 Å². The minimum Gasteiger partial charge on any atom is -0.325 e. The molecule has 3 rings (SSSR count). The van der Waals surface area contributed by atoms with Crippen LogP contribution in [0.2, 0.25) is 5.02 Å². The van der Waals surface area contributed by atoms with E-state index in [4.69, 9.17) is 11.6 Å². The Morgan fingerprint density at radius 3 is 2.48 bits per heavy atom. The van der Waals surface area contributed by atoms with E-state index in [-0.39, 0.29) is 17.6 Å². The molecule has 0 saturated carbocycles. The van der Waals surface area contributed by atoms with Crippen molar-refractivity contribution in [1.29, 1.82) is 0 Å². The third-order valence-electron chi connectivity index (χ3n) is 4.71. The van der Waals surface area contributed by atoms with Crippen molar-refractivity contribution in [1.82, 2.24) is 9.78 Å². The van der Waals surface area contributed by atoms with E-state index in [9.17, 15) is 9.59 Å². The monoisotopic (exact) mass is 473 g/mol. The van der Waals surface area contributed by atoms with Gasteiger partial charge in [-0.3, -0.25) is 14.3 Å². The molecule has 0 aliphatic heterocycles. The van der Waals surface area contributed by atoms with Crippen LogP contribution in [0.1, 0.15) is 34.2 Å². The Morgan fingerprint density at radius 2 is 1.86 bits per heavy atom. The number of nitrogens with zero attached hydrogens (tertiary/aromatic N) is 2. The van der Waals surface area contributed by atoms with E-state index < -0.39 is 0 Å². The SMILES string of the molecule is Cc1nn(CC(C)C(=O)Nc2ccc(Cl)cc2C(=O)c2ccccc2)c(C)c1Br. The molecule has 1 N–H and O–H groups in total. The predicted octanol–water partition coefficient (Wildman–Crippen LogP) is 5.42. The Labute approximate surface area is 183 Å². The van der Waals surface area contributed by atoms with Crippen molar-refractivity contribution in [3.63, 3.8) is 0 Å². The maximum Gasteiger partial charge on any atom is 0.229 e. The first-order chi connectivity index (χ1) is 13.8. The van der Waals surface area contributed by atoms with E-state index in [2.05, 4.69) is 26.3 Å². The second kappa shape index (κ2) is 8.93. The molecule has 0 radical (unpaired) electrons. The first-order valence-electron chi connectivity index (χ1n) is 9.17. The molecule has 0 spiro atoms. The average molecular weight is 475 g/mol. The van der Waals surface area contributed by atoms with Crippen LogP contribution in [0.3, 0.4) is 0 Å². The van der Waals surface area contributed by atoms with E-state index in [0.29, 0.717) is 28.4 Å². The number of carbonyl (C=O) groups is 2. The number of aromatic nitrogens is 2. The van der Waals surface area contributed by atoms with Gasteiger partial charge in [0.2, 0.25) is 5.91 Å². The van der Waals surface area contributed by atoms with Crippen LogP contribution in [0, 0.1) is 19.8 Å². The second-order valence-corrected chi connectivity index (χ2v) is 8.17. The lowest BCUT2D eigenvalue weighted by atomic mass is 10.0. The number of halogens is 2. The van der Waals surface area contributed by atoms with Crippen molar-refractivity contribution in [2.24, 2.45) is 5.92 Å². The van der Waals surface area contributed by atoms with Crippen molar-refractivity contribution in [3.8, 4) is 0 Å². The van der Waals surface area contributed by atoms with Crippen LogP contribution in [0.5, 0.6) is 0 Å². The number of anilines is 1. The second-order valence-electron chi connectivity index (χ2n) is 6.94. The Kier molecular flexibility index (Phi) is 6.55. The van der Waals surface area contributed by atoms with Gasteiger partial charge in [-0.05, 0) is 48.0 Å². The predicted molar refractivity (Wildman–Crippen MR) is 119 cm³/mol. The summed E-state index contributed by atoms with van der Waals surface area (Å²) in [5.74, 6) is -0.744. The quantitative estimate of drug-likeness (QED) is 0.485. The number of rotatable bonds is 6. The fraction of sp³-hybridized carbons (Fsp3) is 0.227. The zero-order chi connectivity index (χ0) is 21.1. The summed E-state index contributed by atoms with van der Waals surface area (Å²) in [4.78, 5) is 25.7. The van der Waals surface area contributed by atoms with Crippen LogP contribution in [0.15, 0.2) is 53.0 Å². The maximum absolute atomic E-state index is 12.9. The van der Waals surface area contributed by atoms with Crippen LogP contribution >= 0.6 is 27.5 Å². The zero-order valence-corrected chi connectivity index (χ0v) is 18.7. The van der Waals surface area contributed by atoms with Crippen LogP contribution in [0.25, 0.3) is 0 Å². The minimum absolute atomic E-state index is 0.196. The van der Waals surface area contributed by atoms with Gasteiger partial charge in [0.1, 0.15) is 0 Å². The molecule has 0 aliphatic rings. The summed E-state index contributed by atoms with van der Waals surface area (Å²) < 4.78 is 2.75. The lowest BCUT2D eigenvalue weighted by molar-refractivity contribution is -0.119. The smallest absolute Gasteiger partial charge is 0.229 e. The molecule has 0 saturated heterocycles. The highest BCUT2D eigenvalue weighted by molar-refractivity contribution is 9.10. The highest BCUT2D eigenvalue weighted by Gasteiger charge is 2.20. The van der Waals surface area contributed by atoms with E-state index in [1.807, 2.05) is 31.5 Å². The van der Waals surface area contributed by atoms with Gasteiger partial charge in [0.25, 0.3) is 0 Å². The summed E-state index contributed by atoms with van der Waals surface area (Å²) in [6.45, 7) is 6.12. The van der Waals surface area contributed by atoms with Crippen molar-refractivity contribution in [2.45, 2.75) is 27.3 Å². The van der Waals surface area contributed by atoms with Gasteiger partial charge >= 0.3 is 0 Å². The number of ketones is 1. The molecule has 29 heavy (non-hydrogen) atoms. The summed E-state index contributed by atoms with van der Waals surface area (Å²) in [6, 6.07) is 13.8. The maximum atomic E-state index is 12.9. The Bertz CT molecular complexity index is 1060. The number of aryl methyl sites for hydroxylation is 1. The lowest BCUT2D eigenvalue weighted by Gasteiger charge is -2.16. The molecule has 150 valence electrons. The van der Waals surface area contributed by atoms with E-state index in [0.717, 1.165) is 15.9 Å². The third kappa shape index (κ3) is 4.77. The van der Waals surface area contributed by atoms with Crippen molar-refractivity contribution >= 4 is 44.9 Å². The molecular weight excluding hydrogens is 454 g/mol. The third-order valence-corrected chi connectivity index (χ3v) is 6.09. The van der Waals surface area contributed by atoms with Gasteiger partial charge in [0, 0.05) is 21.8 Å². The van der Waals surface area contributed by atoms with Gasteiger partial charge in [-0.1, -0.05) is 48.9 Å². The first-order valence-corrected chi connectivity index (χ1v) is 10.3. The number of hydrogen-bond acceptors (Lipinski definition) is 3. The highest BCUT2D eigenvalue weighted by atomic mass is 79.9. The van der Waals surface area contributed by atoms with Crippen LogP contribution in [0.4, 0.5) is 5.69 Å². The van der Waals surface area contributed by atoms with Crippen LogP contribution in [-0.4, -0.2) is 21.5 Å². The number of nitrogens with one attached hydrogen (secondary N) is 1. The van der Waals surface area contributed by atoms with Gasteiger partial charge in [-0.25, -0.2) is 0 Å². The highest BCUT2D eigenvalue weighted by Crippen LogP contribution is 2.25. The van der Waals surface area contributed by atoms with Crippen molar-refractivity contribution in [3.05, 3.63) is 80.5 Å². The van der Waals surface area contributed by atoms with Crippen LogP contribution in [-0.2, 0) is 11.3 Å². The summed E-state index contributed by atoms with van der Waals surface area (Å²) in [6.07, 6.45) is 0. The fourth-order valence-electron chi connectivity index (χ4n) is 3.01. The van der Waals surface area contributed by atoms with Crippen LogP contribution < -0.4 is 5.32 Å². The lowest BCUT2D eigenvalue weighted by Crippen LogP contribution is -2.26. The number of carbonyl (C=O) groups excluding carboxylic acids is 2. The summed E-state index contributed by atoms with van der Waals surface area (Å²) in [5, 5.41) is 7.77. The molecule has 0 fully saturated rings. The molecule has 1 amide bonds. The normalized spacial score (nSPS) is 11.9. The first kappa shape index (κ1) is 21.3. The molecule has 0 aliphatic carbocycles. The average Bonchev–Trinajstić information content (AvgIpc) is 2.95. The van der Waals surface area contributed by atoms with Gasteiger partial charge < -0.3 is 5.32 Å². The van der Waals surface area contributed by atoms with E-state index in [1.54, 1.807) is 42.5 Å². The fourth-order valence-corrected chi connectivity index (χ4v) is 3.47. The molecule has 5 nitrogen and oxygen atoms in total. The summed E-state index contributed by atoms with van der Waals surface area (Å²) in [5.41, 5.74) is 3.18. The largest absolute Gasteiger partial charge is 0.325 e. The van der Waals surface area contributed by atoms with E-state index in [1.165, 1.54) is 0 Å². The zero-order valence-electron chi connectivity index (χ0n) is 16.4. The number of hydrogen-bond donors (Lipinski definition) is 1. The number of benzene rings is 2. The summed E-state index contributed by atoms with van der Waals surface area (Å²) >= 11 is 9.61. The standard InChI is InChI=1S/C22H21BrClN3O2/c1-13(12-27-15(3)20(23)14(2)26-27)22(29)25-19-10-9-17(24)11-18(19)21(28)16-7-5-4-6-8-16/h4-11,13H,12H2,1-3H3,(H,25,29). The van der Waals surface area contributed by atoms with Gasteiger partial charge in [-0.15, -0.1) is 0 Å². The molecule has 1 atom stereocenters. The summed E-state index contributed by atoms with van der Waals surface area (Å²) in [7, 11) is 0. The van der Waals surface area contributed by atoms with Crippen molar-refractivity contribution < 1.29 is 9.59 Å². The van der Waals surface area contributed by atoms with Gasteiger partial charge in [-0.2, -0.15) is 5.10 Å². The molecule has 7 heteroatoms.